The lowest BCUT2D eigenvalue weighted by atomic mass is 9.86. The van der Waals surface area contributed by atoms with E-state index in [4.69, 9.17) is 4.74 Å². The Morgan fingerprint density at radius 2 is 1.55 bits per heavy atom. The van der Waals surface area contributed by atoms with E-state index in [1.54, 1.807) is 42.7 Å². The fraction of sp³-hybridized carbons (Fsp3) is 0.375. The van der Waals surface area contributed by atoms with Crippen LogP contribution < -0.4 is 0 Å². The first kappa shape index (κ1) is 22.3. The lowest BCUT2D eigenvalue weighted by molar-refractivity contribution is 0.0523. The summed E-state index contributed by atoms with van der Waals surface area (Å²) in [5, 5.41) is 0. The highest BCUT2D eigenvalue weighted by molar-refractivity contribution is 6.30. The highest BCUT2D eigenvalue weighted by atomic mass is 16.5. The van der Waals surface area contributed by atoms with E-state index >= 15 is 0 Å². The molecule has 0 amide bonds. The number of ketones is 2. The zero-order chi connectivity index (χ0) is 21.7. The molecule has 0 spiro atoms. The van der Waals surface area contributed by atoms with Crippen LogP contribution in [0.2, 0.25) is 0 Å². The molecule has 1 aromatic heterocycles. The number of carbonyl (C=O) groups is 3. The first-order chi connectivity index (χ1) is 14.0. The Morgan fingerprint density at radius 3 is 2.07 bits per heavy atom. The molecule has 29 heavy (non-hydrogen) atoms. The summed E-state index contributed by atoms with van der Waals surface area (Å²) in [4.78, 5) is 39.0. The van der Waals surface area contributed by atoms with Crippen LogP contribution in [0.25, 0.3) is 6.20 Å². The number of rotatable bonds is 5. The molecule has 154 valence electrons. The molecule has 0 saturated heterocycles. The third kappa shape index (κ3) is 3.82. The number of esters is 1. The molecule has 0 saturated carbocycles. The van der Waals surface area contributed by atoms with Crippen LogP contribution in [-0.4, -0.2) is 28.7 Å². The van der Waals surface area contributed by atoms with Crippen molar-refractivity contribution < 1.29 is 19.1 Å². The van der Waals surface area contributed by atoms with Crippen molar-refractivity contribution in [1.82, 2.24) is 4.57 Å². The second-order valence-electron chi connectivity index (χ2n) is 6.47. The molecule has 0 aliphatic heterocycles. The van der Waals surface area contributed by atoms with Gasteiger partial charge in [0.05, 0.1) is 17.7 Å². The van der Waals surface area contributed by atoms with Gasteiger partial charge < -0.3 is 9.30 Å². The molecule has 1 aliphatic rings. The average Bonchev–Trinajstić information content (AvgIpc) is 3.04. The standard InChI is InChI=1S/C22H23NO4.C2H6/c1-5-14(6-2)12-23-13(4)17(22(26)27-7-3)18-19(23)21(25)16-11-9-8-10-15(16)20(18)24;1-2/h8-12H,5-7H2,1-4H3;1-2H3. The maximum atomic E-state index is 13.2. The summed E-state index contributed by atoms with van der Waals surface area (Å²) in [5.41, 5.74) is 2.94. The Kier molecular flexibility index (Phi) is 7.32. The van der Waals surface area contributed by atoms with E-state index in [0.717, 1.165) is 18.4 Å². The minimum absolute atomic E-state index is 0.150. The number of fused-ring (bicyclic) bond motifs is 2. The van der Waals surface area contributed by atoms with Gasteiger partial charge in [0, 0.05) is 23.0 Å². The molecule has 2 aromatic rings. The van der Waals surface area contributed by atoms with Gasteiger partial charge >= 0.3 is 5.97 Å². The maximum Gasteiger partial charge on any atom is 0.340 e. The van der Waals surface area contributed by atoms with Gasteiger partial charge in [0.25, 0.3) is 0 Å². The highest BCUT2D eigenvalue weighted by Gasteiger charge is 2.38. The van der Waals surface area contributed by atoms with E-state index in [1.165, 1.54) is 0 Å². The fourth-order valence-electron chi connectivity index (χ4n) is 3.52. The molecule has 1 aliphatic carbocycles. The Bertz CT molecular complexity index is 973. The van der Waals surface area contributed by atoms with Crippen molar-refractivity contribution in [2.24, 2.45) is 0 Å². The van der Waals surface area contributed by atoms with Gasteiger partial charge in [-0.2, -0.15) is 0 Å². The largest absolute Gasteiger partial charge is 0.462 e. The SMILES string of the molecule is CC.CCOC(=O)c1c2c(n(C=C(CC)CC)c1C)C(=O)c1ccccc1C2=O. The topological polar surface area (TPSA) is 65.4 Å². The van der Waals surface area contributed by atoms with E-state index in [-0.39, 0.29) is 35.0 Å². The number of benzene rings is 1. The van der Waals surface area contributed by atoms with Gasteiger partial charge in [0.2, 0.25) is 5.78 Å². The Hall–Kier alpha value is -2.95. The number of hydrogen-bond donors (Lipinski definition) is 0. The minimum atomic E-state index is -0.575. The molecule has 5 nitrogen and oxygen atoms in total. The number of carbonyl (C=O) groups excluding carboxylic acids is 3. The van der Waals surface area contributed by atoms with Crippen LogP contribution in [0, 0.1) is 6.92 Å². The average molecular weight is 395 g/mol. The van der Waals surface area contributed by atoms with Crippen molar-refractivity contribution in [2.75, 3.05) is 6.61 Å². The monoisotopic (exact) mass is 395 g/mol. The Labute approximate surface area is 172 Å². The van der Waals surface area contributed by atoms with E-state index in [0.29, 0.717) is 16.8 Å². The van der Waals surface area contributed by atoms with Crippen LogP contribution in [0.5, 0.6) is 0 Å². The molecule has 3 rings (SSSR count). The van der Waals surface area contributed by atoms with Gasteiger partial charge in [-0.15, -0.1) is 0 Å². The quantitative estimate of drug-likeness (QED) is 0.540. The van der Waals surface area contributed by atoms with Gasteiger partial charge in [-0.1, -0.05) is 57.5 Å². The molecule has 0 unspecified atom stereocenters. The summed E-state index contributed by atoms with van der Waals surface area (Å²) in [7, 11) is 0. The van der Waals surface area contributed by atoms with Crippen molar-refractivity contribution in [1.29, 1.82) is 0 Å². The minimum Gasteiger partial charge on any atom is -0.462 e. The van der Waals surface area contributed by atoms with Crippen LogP contribution >= 0.6 is 0 Å². The Morgan fingerprint density at radius 1 is 1.00 bits per heavy atom. The molecular formula is C24H29NO4. The molecule has 0 radical (unpaired) electrons. The second kappa shape index (κ2) is 9.50. The van der Waals surface area contributed by atoms with Gasteiger partial charge in [-0.3, -0.25) is 9.59 Å². The molecule has 1 heterocycles. The molecule has 1 aromatic carbocycles. The van der Waals surface area contributed by atoms with Crippen molar-refractivity contribution >= 4 is 23.7 Å². The van der Waals surface area contributed by atoms with Gasteiger partial charge in [-0.25, -0.2) is 4.79 Å². The predicted octanol–water partition coefficient (Wildman–Crippen LogP) is 5.44. The van der Waals surface area contributed by atoms with Crippen molar-refractivity contribution in [2.45, 2.75) is 54.4 Å². The number of allylic oxidation sites excluding steroid dienone is 1. The van der Waals surface area contributed by atoms with E-state index in [1.807, 2.05) is 33.9 Å². The van der Waals surface area contributed by atoms with Crippen LogP contribution in [-0.2, 0) is 4.74 Å². The van der Waals surface area contributed by atoms with Crippen molar-refractivity contribution in [3.8, 4) is 0 Å². The molecule has 5 heteroatoms. The number of nitrogens with zero attached hydrogens (tertiary/aromatic N) is 1. The predicted molar refractivity (Wildman–Crippen MR) is 115 cm³/mol. The van der Waals surface area contributed by atoms with Gasteiger partial charge in [-0.05, 0) is 26.7 Å². The summed E-state index contributed by atoms with van der Waals surface area (Å²) < 4.78 is 6.88. The summed E-state index contributed by atoms with van der Waals surface area (Å²) in [6, 6.07) is 6.73. The van der Waals surface area contributed by atoms with Gasteiger partial charge in [0.15, 0.2) is 5.78 Å². The van der Waals surface area contributed by atoms with E-state index in [2.05, 4.69) is 0 Å². The molecule has 0 bridgehead atoms. The molecule has 0 fully saturated rings. The number of hydrogen-bond acceptors (Lipinski definition) is 4. The van der Waals surface area contributed by atoms with Crippen LogP contribution in [0.4, 0.5) is 0 Å². The van der Waals surface area contributed by atoms with E-state index < -0.39 is 5.97 Å². The molecule has 0 atom stereocenters. The summed E-state index contributed by atoms with van der Waals surface area (Å²) >= 11 is 0. The fourth-order valence-corrected chi connectivity index (χ4v) is 3.52. The number of aromatic nitrogens is 1. The van der Waals surface area contributed by atoms with Crippen LogP contribution in [0.15, 0.2) is 29.8 Å². The lowest BCUT2D eigenvalue weighted by Crippen LogP contribution is -2.23. The number of ether oxygens (including phenoxy) is 1. The third-order valence-corrected chi connectivity index (χ3v) is 5.01. The summed E-state index contributed by atoms with van der Waals surface area (Å²) in [5.74, 6) is -1.14. The lowest BCUT2D eigenvalue weighted by Gasteiger charge is -2.16. The molecular weight excluding hydrogens is 366 g/mol. The highest BCUT2D eigenvalue weighted by Crippen LogP contribution is 2.34. The van der Waals surface area contributed by atoms with E-state index in [9.17, 15) is 14.4 Å². The van der Waals surface area contributed by atoms with Crippen molar-refractivity contribution in [3.63, 3.8) is 0 Å². The summed E-state index contributed by atoms with van der Waals surface area (Å²) in [6.45, 7) is 11.7. The Balaban J connectivity index is 0.00000145. The maximum absolute atomic E-state index is 13.2. The van der Waals surface area contributed by atoms with Gasteiger partial charge in [0.1, 0.15) is 5.69 Å². The van der Waals surface area contributed by atoms with Crippen LogP contribution in [0.3, 0.4) is 0 Å². The third-order valence-electron chi connectivity index (χ3n) is 5.01. The first-order valence-corrected chi connectivity index (χ1v) is 10.3. The van der Waals surface area contributed by atoms with Crippen LogP contribution in [0.1, 0.15) is 95.5 Å². The molecule has 0 N–H and O–H groups in total. The van der Waals surface area contributed by atoms with Crippen molar-refractivity contribution in [3.05, 3.63) is 63.5 Å². The normalized spacial score (nSPS) is 11.8. The first-order valence-electron chi connectivity index (χ1n) is 10.3. The second-order valence-corrected chi connectivity index (χ2v) is 6.47. The smallest absolute Gasteiger partial charge is 0.340 e. The zero-order valence-electron chi connectivity index (χ0n) is 18.1. The summed E-state index contributed by atoms with van der Waals surface area (Å²) in [6.07, 6.45) is 3.50. The zero-order valence-corrected chi connectivity index (χ0v) is 18.1.